The van der Waals surface area contributed by atoms with Gasteiger partial charge in [0.2, 0.25) is 0 Å². The monoisotopic (exact) mass is 370 g/mol. The lowest BCUT2D eigenvalue weighted by Gasteiger charge is -2.12. The summed E-state index contributed by atoms with van der Waals surface area (Å²) in [5.41, 5.74) is -2.63. The molecule has 2 aromatic rings. The van der Waals surface area contributed by atoms with Gasteiger partial charge in [-0.1, -0.05) is 17.7 Å². The van der Waals surface area contributed by atoms with Gasteiger partial charge in [0, 0.05) is 24.5 Å². The topological polar surface area (TPSA) is 51.2 Å². The number of hydrogen-bond donors (Lipinski definition) is 1. The Kier molecular flexibility index (Phi) is 6.30. The predicted molar refractivity (Wildman–Crippen MR) is 89.9 cm³/mol. The molecule has 0 atom stereocenters. The number of carbonyl (C=O) groups is 1. The number of ether oxygens (including phenoxy) is 1. The van der Waals surface area contributed by atoms with Crippen molar-refractivity contribution in [2.75, 3.05) is 13.7 Å². The summed E-state index contributed by atoms with van der Waals surface area (Å²) < 4.78 is 42.9. The number of nitrogens with one attached hydrogen (secondary N) is 1. The summed E-state index contributed by atoms with van der Waals surface area (Å²) in [6.07, 6.45) is 1.72. The number of aromatic nitrogens is 1. The number of aryl methyl sites for hydroxylation is 1. The fraction of sp³-hybridized carbons (Fsp3) is 0.294. The lowest BCUT2D eigenvalue weighted by molar-refractivity contribution is -0.0329. The number of carbonyl (C=O) groups excluding carboxylic acids is 1. The molecule has 0 fully saturated rings. The predicted octanol–water partition coefficient (Wildman–Crippen LogP) is 3.98. The molecule has 0 saturated heterocycles. The van der Waals surface area contributed by atoms with Gasteiger partial charge in [-0.3, -0.25) is 4.79 Å². The molecular weight excluding hydrogens is 353 g/mol. The lowest BCUT2D eigenvalue weighted by atomic mass is 10.1. The van der Waals surface area contributed by atoms with Crippen molar-refractivity contribution in [1.29, 1.82) is 0 Å². The van der Waals surface area contributed by atoms with Gasteiger partial charge >= 0.3 is 5.51 Å². The molecule has 134 valence electrons. The highest BCUT2D eigenvalue weighted by molar-refractivity contribution is 8.00. The fourth-order valence-electron chi connectivity index (χ4n) is 2.26. The lowest BCUT2D eigenvalue weighted by Crippen LogP contribution is -2.26. The van der Waals surface area contributed by atoms with Crippen molar-refractivity contribution in [3.63, 3.8) is 0 Å². The summed E-state index contributed by atoms with van der Waals surface area (Å²) in [5, 5.41) is 2.27. The second kappa shape index (κ2) is 8.24. The van der Waals surface area contributed by atoms with Crippen LogP contribution in [-0.2, 0) is 6.42 Å². The number of nitrogens with zero attached hydrogens (tertiary/aromatic N) is 1. The van der Waals surface area contributed by atoms with Gasteiger partial charge in [-0.2, -0.15) is 13.2 Å². The van der Waals surface area contributed by atoms with Gasteiger partial charge in [0.25, 0.3) is 5.91 Å². The van der Waals surface area contributed by atoms with Gasteiger partial charge in [-0.15, -0.1) is 0 Å². The number of pyridine rings is 1. The van der Waals surface area contributed by atoms with Crippen molar-refractivity contribution in [3.05, 3.63) is 53.2 Å². The summed E-state index contributed by atoms with van der Waals surface area (Å²) in [6.45, 7) is 2.21. The molecule has 1 aromatic carbocycles. The standard InChI is InChI=1S/C17H17F3N2O2S/c1-11-5-6-14(24-2)12(10-11)7-9-21-15(23)13-4-3-8-22-16(13)25-17(18,19)20/h3-6,8,10H,7,9H2,1-2H3,(H,21,23). The van der Waals surface area contributed by atoms with E-state index in [1.54, 1.807) is 7.11 Å². The van der Waals surface area contributed by atoms with Crippen LogP contribution in [0.15, 0.2) is 41.6 Å². The van der Waals surface area contributed by atoms with E-state index in [0.29, 0.717) is 12.2 Å². The van der Waals surface area contributed by atoms with Crippen LogP contribution in [0.1, 0.15) is 21.5 Å². The van der Waals surface area contributed by atoms with E-state index in [4.69, 9.17) is 4.74 Å². The highest BCUT2D eigenvalue weighted by Crippen LogP contribution is 2.37. The Morgan fingerprint density at radius 3 is 2.76 bits per heavy atom. The fourth-order valence-corrected chi connectivity index (χ4v) is 2.87. The molecule has 0 aliphatic rings. The van der Waals surface area contributed by atoms with Crippen molar-refractivity contribution in [2.45, 2.75) is 23.9 Å². The van der Waals surface area contributed by atoms with E-state index >= 15 is 0 Å². The maximum Gasteiger partial charge on any atom is 0.447 e. The maximum absolute atomic E-state index is 12.6. The van der Waals surface area contributed by atoms with Crippen LogP contribution >= 0.6 is 11.8 Å². The number of methoxy groups -OCH3 is 1. The minimum absolute atomic E-state index is 0.0963. The van der Waals surface area contributed by atoms with Crippen LogP contribution in [0.5, 0.6) is 5.75 Å². The van der Waals surface area contributed by atoms with E-state index in [-0.39, 0.29) is 17.1 Å². The molecule has 1 amide bonds. The third-order valence-electron chi connectivity index (χ3n) is 3.34. The van der Waals surface area contributed by atoms with Crippen LogP contribution in [0.25, 0.3) is 0 Å². The van der Waals surface area contributed by atoms with Gasteiger partial charge in [0.1, 0.15) is 10.8 Å². The molecule has 0 aliphatic heterocycles. The van der Waals surface area contributed by atoms with Crippen molar-refractivity contribution in [2.24, 2.45) is 0 Å². The molecule has 1 aromatic heterocycles. The van der Waals surface area contributed by atoms with Crippen LogP contribution in [-0.4, -0.2) is 30.1 Å². The zero-order valence-electron chi connectivity index (χ0n) is 13.7. The molecule has 1 heterocycles. The molecule has 8 heteroatoms. The van der Waals surface area contributed by atoms with E-state index < -0.39 is 23.2 Å². The highest BCUT2D eigenvalue weighted by Gasteiger charge is 2.32. The molecule has 0 unspecified atom stereocenters. The second-order valence-corrected chi connectivity index (χ2v) is 6.28. The number of benzene rings is 1. The van der Waals surface area contributed by atoms with Crippen molar-refractivity contribution >= 4 is 17.7 Å². The van der Waals surface area contributed by atoms with Crippen LogP contribution < -0.4 is 10.1 Å². The normalized spacial score (nSPS) is 11.2. The quantitative estimate of drug-likeness (QED) is 0.782. The Labute approximate surface area is 147 Å². The van der Waals surface area contributed by atoms with Gasteiger partial charge in [-0.25, -0.2) is 4.98 Å². The van der Waals surface area contributed by atoms with Gasteiger partial charge in [-0.05, 0) is 37.1 Å². The number of amides is 1. The first-order chi connectivity index (χ1) is 11.8. The first kappa shape index (κ1) is 19.1. The molecular formula is C17H17F3N2O2S. The third-order valence-corrected chi connectivity index (χ3v) is 4.09. The number of alkyl halides is 3. The van der Waals surface area contributed by atoms with Crippen molar-refractivity contribution in [1.82, 2.24) is 10.3 Å². The van der Waals surface area contributed by atoms with E-state index in [9.17, 15) is 18.0 Å². The van der Waals surface area contributed by atoms with Crippen LogP contribution in [0.4, 0.5) is 13.2 Å². The van der Waals surface area contributed by atoms with Gasteiger partial charge < -0.3 is 10.1 Å². The summed E-state index contributed by atoms with van der Waals surface area (Å²) >= 11 is -0.398. The third kappa shape index (κ3) is 5.67. The summed E-state index contributed by atoms with van der Waals surface area (Å²) in [7, 11) is 1.56. The van der Waals surface area contributed by atoms with E-state index in [1.807, 2.05) is 25.1 Å². The minimum Gasteiger partial charge on any atom is -0.496 e. The number of thioether (sulfide) groups is 1. The van der Waals surface area contributed by atoms with E-state index in [2.05, 4.69) is 10.3 Å². The largest absolute Gasteiger partial charge is 0.496 e. The zero-order chi connectivity index (χ0) is 18.4. The Bertz CT molecular complexity index is 751. The van der Waals surface area contributed by atoms with E-state index in [1.165, 1.54) is 18.3 Å². The molecule has 4 nitrogen and oxygen atoms in total. The molecule has 0 saturated carbocycles. The Morgan fingerprint density at radius 2 is 2.08 bits per heavy atom. The average molecular weight is 370 g/mol. The maximum atomic E-state index is 12.6. The smallest absolute Gasteiger partial charge is 0.447 e. The average Bonchev–Trinajstić information content (AvgIpc) is 2.54. The highest BCUT2D eigenvalue weighted by atomic mass is 32.2. The summed E-state index contributed by atoms with van der Waals surface area (Å²) in [4.78, 5) is 15.9. The van der Waals surface area contributed by atoms with E-state index in [0.717, 1.165) is 11.1 Å². The molecule has 0 bridgehead atoms. The molecule has 25 heavy (non-hydrogen) atoms. The Hall–Kier alpha value is -2.22. The first-order valence-electron chi connectivity index (χ1n) is 7.42. The molecule has 0 radical (unpaired) electrons. The molecule has 2 rings (SSSR count). The zero-order valence-corrected chi connectivity index (χ0v) is 14.5. The van der Waals surface area contributed by atoms with Crippen LogP contribution in [0.3, 0.4) is 0 Å². The summed E-state index contributed by atoms with van der Waals surface area (Å²) in [5.74, 6) is 0.112. The second-order valence-electron chi connectivity index (χ2n) is 5.23. The molecule has 0 spiro atoms. The molecule has 0 aliphatic carbocycles. The van der Waals surface area contributed by atoms with Crippen LogP contribution in [0.2, 0.25) is 0 Å². The van der Waals surface area contributed by atoms with Gasteiger partial charge in [0.05, 0.1) is 12.7 Å². The minimum atomic E-state index is -4.50. The Morgan fingerprint density at radius 1 is 1.32 bits per heavy atom. The molecule has 1 N–H and O–H groups in total. The number of hydrogen-bond acceptors (Lipinski definition) is 4. The SMILES string of the molecule is COc1ccc(C)cc1CCNC(=O)c1cccnc1SC(F)(F)F. The van der Waals surface area contributed by atoms with Gasteiger partial charge in [0.15, 0.2) is 0 Å². The Balaban J connectivity index is 2.03. The van der Waals surface area contributed by atoms with Crippen molar-refractivity contribution in [3.8, 4) is 5.75 Å². The first-order valence-corrected chi connectivity index (χ1v) is 8.24. The summed E-state index contributed by atoms with van der Waals surface area (Å²) in [6, 6.07) is 8.45. The van der Waals surface area contributed by atoms with Crippen molar-refractivity contribution < 1.29 is 22.7 Å². The number of halogens is 3. The number of rotatable bonds is 6. The van der Waals surface area contributed by atoms with Crippen LogP contribution in [0, 0.1) is 6.92 Å².